The van der Waals surface area contributed by atoms with Crippen molar-refractivity contribution in [3.05, 3.63) is 42.0 Å². The zero-order chi connectivity index (χ0) is 19.1. The first-order valence-corrected chi connectivity index (χ1v) is 9.34. The second-order valence-electron chi connectivity index (χ2n) is 6.82. The SMILES string of the molecule is CNC(=O)CN1CCOC2(C/C=C/Cc3ccccc3OCCNC2=O)C1. The summed E-state index contributed by atoms with van der Waals surface area (Å²) in [5.41, 5.74) is 0.127. The molecule has 3 rings (SSSR count). The van der Waals surface area contributed by atoms with Gasteiger partial charge in [-0.25, -0.2) is 0 Å². The number of fused-ring (bicyclic) bond motifs is 1. The molecule has 1 unspecified atom stereocenters. The molecule has 0 aliphatic carbocycles. The monoisotopic (exact) mass is 373 g/mol. The van der Waals surface area contributed by atoms with E-state index in [1.807, 2.05) is 41.3 Å². The Bertz CT molecular complexity index is 706. The molecule has 2 aliphatic heterocycles. The number of hydrogen-bond donors (Lipinski definition) is 2. The van der Waals surface area contributed by atoms with Gasteiger partial charge in [0.2, 0.25) is 5.91 Å². The number of amides is 2. The van der Waals surface area contributed by atoms with Crippen LogP contribution < -0.4 is 15.4 Å². The molecule has 2 aliphatic rings. The van der Waals surface area contributed by atoms with E-state index in [9.17, 15) is 9.59 Å². The standard InChI is InChI=1S/C20H27N3O4/c1-21-18(24)14-23-11-13-27-20(15-23)9-5-4-7-16-6-2-3-8-17(16)26-12-10-22-19(20)25/h2-6,8H,7,9-15H2,1H3,(H,21,24)(H,22,25)/b5-4+. The van der Waals surface area contributed by atoms with Crippen LogP contribution in [0.25, 0.3) is 0 Å². The van der Waals surface area contributed by atoms with E-state index in [-0.39, 0.29) is 18.4 Å². The molecule has 1 aromatic carbocycles. The molecule has 0 radical (unpaired) electrons. The number of nitrogens with one attached hydrogen (secondary N) is 2. The lowest BCUT2D eigenvalue weighted by Gasteiger charge is -2.41. The van der Waals surface area contributed by atoms with Gasteiger partial charge < -0.3 is 20.1 Å². The molecule has 0 aromatic heterocycles. The van der Waals surface area contributed by atoms with E-state index in [0.717, 1.165) is 17.7 Å². The molecule has 146 valence electrons. The number of morpholine rings is 1. The van der Waals surface area contributed by atoms with Gasteiger partial charge in [0.15, 0.2) is 5.60 Å². The van der Waals surface area contributed by atoms with E-state index in [0.29, 0.717) is 39.3 Å². The van der Waals surface area contributed by atoms with E-state index >= 15 is 0 Å². The minimum atomic E-state index is -0.985. The normalized spacial score (nSPS) is 25.3. The van der Waals surface area contributed by atoms with Crippen LogP contribution >= 0.6 is 0 Å². The van der Waals surface area contributed by atoms with Crippen molar-refractivity contribution >= 4 is 11.8 Å². The molecule has 2 heterocycles. The van der Waals surface area contributed by atoms with Gasteiger partial charge in [0.1, 0.15) is 12.4 Å². The van der Waals surface area contributed by atoms with Crippen molar-refractivity contribution in [2.45, 2.75) is 18.4 Å². The fourth-order valence-electron chi connectivity index (χ4n) is 3.41. The van der Waals surface area contributed by atoms with Crippen molar-refractivity contribution in [3.8, 4) is 5.75 Å². The van der Waals surface area contributed by atoms with E-state index in [1.165, 1.54) is 0 Å². The molecular weight excluding hydrogens is 346 g/mol. The Labute approximate surface area is 159 Å². The van der Waals surface area contributed by atoms with Crippen molar-refractivity contribution in [1.82, 2.24) is 15.5 Å². The first kappa shape index (κ1) is 19.4. The highest BCUT2D eigenvalue weighted by molar-refractivity contribution is 5.86. The van der Waals surface area contributed by atoms with Crippen LogP contribution in [-0.2, 0) is 20.7 Å². The summed E-state index contributed by atoms with van der Waals surface area (Å²) >= 11 is 0. The van der Waals surface area contributed by atoms with Crippen LogP contribution in [0.2, 0.25) is 0 Å². The Balaban J connectivity index is 1.76. The van der Waals surface area contributed by atoms with Crippen LogP contribution in [0.15, 0.2) is 36.4 Å². The van der Waals surface area contributed by atoms with Gasteiger partial charge in [0, 0.05) is 26.6 Å². The molecule has 7 heteroatoms. The summed E-state index contributed by atoms with van der Waals surface area (Å²) in [7, 11) is 1.61. The number of benzene rings is 1. The van der Waals surface area contributed by atoms with Gasteiger partial charge in [0.25, 0.3) is 5.91 Å². The number of allylic oxidation sites excluding steroid dienone is 1. The van der Waals surface area contributed by atoms with Crippen LogP contribution in [0.4, 0.5) is 0 Å². The number of para-hydroxylation sites is 1. The molecule has 2 N–H and O–H groups in total. The maximum absolute atomic E-state index is 12.9. The topological polar surface area (TPSA) is 79.9 Å². The second-order valence-corrected chi connectivity index (χ2v) is 6.82. The Kier molecular flexibility index (Phi) is 6.47. The van der Waals surface area contributed by atoms with E-state index in [1.54, 1.807) is 7.05 Å². The third kappa shape index (κ3) is 4.87. The molecule has 2 amide bonds. The number of rotatable bonds is 2. The van der Waals surface area contributed by atoms with Gasteiger partial charge in [-0.3, -0.25) is 14.5 Å². The summed E-state index contributed by atoms with van der Waals surface area (Å²) < 4.78 is 11.8. The molecule has 1 fully saturated rings. The van der Waals surface area contributed by atoms with Gasteiger partial charge in [0.05, 0.1) is 19.7 Å². The van der Waals surface area contributed by atoms with Crippen molar-refractivity contribution in [2.75, 3.05) is 46.4 Å². The largest absolute Gasteiger partial charge is 0.491 e. The van der Waals surface area contributed by atoms with Crippen LogP contribution in [0.5, 0.6) is 5.75 Å². The first-order chi connectivity index (χ1) is 13.1. The lowest BCUT2D eigenvalue weighted by Crippen LogP contribution is -2.61. The number of carbonyl (C=O) groups excluding carboxylic acids is 2. The van der Waals surface area contributed by atoms with Crippen molar-refractivity contribution in [2.24, 2.45) is 0 Å². The van der Waals surface area contributed by atoms with Gasteiger partial charge in [-0.2, -0.15) is 0 Å². The van der Waals surface area contributed by atoms with Crippen molar-refractivity contribution < 1.29 is 19.1 Å². The van der Waals surface area contributed by atoms with Gasteiger partial charge in [-0.05, 0) is 18.1 Å². The van der Waals surface area contributed by atoms with Crippen LogP contribution in [0.1, 0.15) is 12.0 Å². The molecule has 7 nitrogen and oxygen atoms in total. The predicted octanol–water partition coefficient (Wildman–Crippen LogP) is 0.501. The average molecular weight is 373 g/mol. The lowest BCUT2D eigenvalue weighted by molar-refractivity contribution is -0.161. The van der Waals surface area contributed by atoms with Gasteiger partial charge in [-0.1, -0.05) is 30.4 Å². The highest BCUT2D eigenvalue weighted by atomic mass is 16.5. The lowest BCUT2D eigenvalue weighted by atomic mass is 9.94. The van der Waals surface area contributed by atoms with Gasteiger partial charge in [-0.15, -0.1) is 0 Å². The molecular formula is C20H27N3O4. The molecule has 0 saturated carbocycles. The number of hydrogen-bond acceptors (Lipinski definition) is 5. The quantitative estimate of drug-likeness (QED) is 0.738. The summed E-state index contributed by atoms with van der Waals surface area (Å²) in [4.78, 5) is 26.6. The first-order valence-electron chi connectivity index (χ1n) is 9.34. The van der Waals surface area contributed by atoms with E-state index in [2.05, 4.69) is 10.6 Å². The zero-order valence-corrected chi connectivity index (χ0v) is 15.7. The Morgan fingerprint density at radius 2 is 2.15 bits per heavy atom. The number of likely N-dealkylation sites (N-methyl/N-ethyl adjacent to an activating group) is 1. The van der Waals surface area contributed by atoms with Crippen molar-refractivity contribution in [1.29, 1.82) is 0 Å². The summed E-state index contributed by atoms with van der Waals surface area (Å²) in [5, 5.41) is 5.56. The molecule has 27 heavy (non-hydrogen) atoms. The highest BCUT2D eigenvalue weighted by Gasteiger charge is 2.43. The molecule has 1 aromatic rings. The second kappa shape index (κ2) is 9.01. The van der Waals surface area contributed by atoms with Crippen molar-refractivity contribution in [3.63, 3.8) is 0 Å². The van der Waals surface area contributed by atoms with Crippen LogP contribution in [0, 0.1) is 0 Å². The maximum Gasteiger partial charge on any atom is 0.254 e. The average Bonchev–Trinajstić information content (AvgIpc) is 2.68. The smallest absolute Gasteiger partial charge is 0.254 e. The number of ether oxygens (including phenoxy) is 2. The Morgan fingerprint density at radius 1 is 1.30 bits per heavy atom. The highest BCUT2D eigenvalue weighted by Crippen LogP contribution is 2.25. The van der Waals surface area contributed by atoms with Crippen LogP contribution in [0.3, 0.4) is 0 Å². The summed E-state index contributed by atoms with van der Waals surface area (Å²) in [6.07, 6.45) is 5.23. The Hall–Kier alpha value is -2.38. The predicted molar refractivity (Wildman–Crippen MR) is 102 cm³/mol. The molecule has 0 bridgehead atoms. The molecule has 1 saturated heterocycles. The summed E-state index contributed by atoms with van der Waals surface area (Å²) in [6, 6.07) is 7.92. The summed E-state index contributed by atoms with van der Waals surface area (Å²) in [5.74, 6) is 0.615. The third-order valence-corrected chi connectivity index (χ3v) is 4.89. The third-order valence-electron chi connectivity index (χ3n) is 4.89. The minimum Gasteiger partial charge on any atom is -0.491 e. The number of nitrogens with zero attached hydrogens (tertiary/aromatic N) is 1. The maximum atomic E-state index is 12.9. The molecule has 1 atom stereocenters. The van der Waals surface area contributed by atoms with Gasteiger partial charge >= 0.3 is 0 Å². The number of carbonyl (C=O) groups is 2. The molecule has 1 spiro atoms. The van der Waals surface area contributed by atoms with E-state index in [4.69, 9.17) is 9.47 Å². The van der Waals surface area contributed by atoms with Crippen LogP contribution in [-0.4, -0.2) is 68.8 Å². The Morgan fingerprint density at radius 3 is 3.00 bits per heavy atom. The van der Waals surface area contributed by atoms with E-state index < -0.39 is 5.60 Å². The summed E-state index contributed by atoms with van der Waals surface area (Å²) in [6.45, 7) is 2.48. The zero-order valence-electron chi connectivity index (χ0n) is 15.7. The minimum absolute atomic E-state index is 0.0684. The fourth-order valence-corrected chi connectivity index (χ4v) is 3.41. The fraction of sp³-hybridized carbons (Fsp3) is 0.500.